The van der Waals surface area contributed by atoms with Crippen molar-refractivity contribution in [2.24, 2.45) is 0 Å². The Bertz CT molecular complexity index is 537. The molecule has 1 N–H and O–H groups in total. The fourth-order valence-corrected chi connectivity index (χ4v) is 1.56. The van der Waals surface area contributed by atoms with E-state index in [1.807, 2.05) is 24.3 Å². The van der Waals surface area contributed by atoms with E-state index >= 15 is 0 Å². The van der Waals surface area contributed by atoms with Crippen LogP contribution in [0.25, 0.3) is 0 Å². The van der Waals surface area contributed by atoms with Crippen LogP contribution in [0.15, 0.2) is 28.7 Å². The number of benzene rings is 1. The van der Waals surface area contributed by atoms with E-state index in [1.165, 1.54) is 0 Å². The molecular weight excluding hydrogens is 254 g/mol. The topological polar surface area (TPSA) is 68.0 Å². The number of aromatic nitrogens is 2. The quantitative estimate of drug-likeness (QED) is 0.918. The zero-order valence-electron chi connectivity index (χ0n) is 9.81. The molecule has 0 atom stereocenters. The summed E-state index contributed by atoms with van der Waals surface area (Å²) in [4.78, 5) is 11.6. The molecule has 0 bridgehead atoms. The van der Waals surface area contributed by atoms with Crippen molar-refractivity contribution in [2.45, 2.75) is 13.3 Å². The van der Waals surface area contributed by atoms with Crippen LogP contribution in [0.4, 0.5) is 0 Å². The van der Waals surface area contributed by atoms with E-state index in [0.717, 1.165) is 12.0 Å². The SMILES string of the molecule is Cc1nnc(C(=O)NCCc2ccc(Cl)cc2)o1. The predicted molar refractivity (Wildman–Crippen MR) is 66.5 cm³/mol. The third kappa shape index (κ3) is 3.30. The van der Waals surface area contributed by atoms with Crippen molar-refractivity contribution in [3.05, 3.63) is 46.6 Å². The molecule has 0 fully saturated rings. The van der Waals surface area contributed by atoms with Crippen LogP contribution in [-0.4, -0.2) is 22.6 Å². The molecule has 18 heavy (non-hydrogen) atoms. The molecule has 2 aromatic rings. The van der Waals surface area contributed by atoms with Crippen LogP contribution in [0.3, 0.4) is 0 Å². The van der Waals surface area contributed by atoms with Crippen molar-refractivity contribution >= 4 is 17.5 Å². The van der Waals surface area contributed by atoms with Gasteiger partial charge in [-0.1, -0.05) is 23.7 Å². The van der Waals surface area contributed by atoms with Crippen LogP contribution in [-0.2, 0) is 6.42 Å². The smallest absolute Gasteiger partial charge is 0.308 e. The average Bonchev–Trinajstić information content (AvgIpc) is 2.78. The van der Waals surface area contributed by atoms with Gasteiger partial charge in [-0.3, -0.25) is 4.79 Å². The Morgan fingerprint density at radius 1 is 1.33 bits per heavy atom. The minimum absolute atomic E-state index is 0.0105. The number of aryl methyl sites for hydroxylation is 1. The number of rotatable bonds is 4. The molecule has 1 amide bonds. The van der Waals surface area contributed by atoms with Crippen LogP contribution in [0.5, 0.6) is 0 Å². The molecule has 1 aromatic heterocycles. The molecule has 0 aliphatic rings. The first kappa shape index (κ1) is 12.6. The van der Waals surface area contributed by atoms with Gasteiger partial charge in [0.25, 0.3) is 0 Å². The fourth-order valence-electron chi connectivity index (χ4n) is 1.44. The Labute approximate surface area is 109 Å². The van der Waals surface area contributed by atoms with Gasteiger partial charge in [0.1, 0.15) is 0 Å². The number of hydrogen-bond donors (Lipinski definition) is 1. The molecule has 0 radical (unpaired) electrons. The molecule has 5 nitrogen and oxygen atoms in total. The predicted octanol–water partition coefficient (Wildman–Crippen LogP) is 2.00. The van der Waals surface area contributed by atoms with E-state index in [0.29, 0.717) is 17.5 Å². The van der Waals surface area contributed by atoms with Crippen molar-refractivity contribution in [3.8, 4) is 0 Å². The molecule has 0 aliphatic carbocycles. The molecule has 0 spiro atoms. The van der Waals surface area contributed by atoms with Gasteiger partial charge < -0.3 is 9.73 Å². The summed E-state index contributed by atoms with van der Waals surface area (Å²) in [5, 5.41) is 10.6. The van der Waals surface area contributed by atoms with Crippen molar-refractivity contribution in [1.82, 2.24) is 15.5 Å². The van der Waals surface area contributed by atoms with Gasteiger partial charge in [0.2, 0.25) is 5.89 Å². The summed E-state index contributed by atoms with van der Waals surface area (Å²) in [5.41, 5.74) is 1.10. The largest absolute Gasteiger partial charge is 0.417 e. The Kier molecular flexibility index (Phi) is 3.94. The Morgan fingerprint density at radius 2 is 2.06 bits per heavy atom. The number of nitrogens with zero attached hydrogens (tertiary/aromatic N) is 2. The second-order valence-corrected chi connectivity index (χ2v) is 4.20. The maximum absolute atomic E-state index is 11.6. The van der Waals surface area contributed by atoms with E-state index < -0.39 is 0 Å². The van der Waals surface area contributed by atoms with Gasteiger partial charge in [0.15, 0.2) is 0 Å². The lowest BCUT2D eigenvalue weighted by molar-refractivity contribution is 0.0918. The number of amides is 1. The molecule has 2 rings (SSSR count). The van der Waals surface area contributed by atoms with Crippen LogP contribution >= 0.6 is 11.6 Å². The Morgan fingerprint density at radius 3 is 2.67 bits per heavy atom. The van der Waals surface area contributed by atoms with Gasteiger partial charge in [-0.25, -0.2) is 0 Å². The first-order valence-electron chi connectivity index (χ1n) is 5.48. The van der Waals surface area contributed by atoms with Crippen molar-refractivity contribution < 1.29 is 9.21 Å². The summed E-state index contributed by atoms with van der Waals surface area (Å²) >= 11 is 5.78. The van der Waals surface area contributed by atoms with Gasteiger partial charge in [0.05, 0.1) is 0 Å². The minimum Gasteiger partial charge on any atom is -0.417 e. The second kappa shape index (κ2) is 5.64. The second-order valence-electron chi connectivity index (χ2n) is 3.76. The van der Waals surface area contributed by atoms with Gasteiger partial charge in [-0.2, -0.15) is 0 Å². The number of halogens is 1. The lowest BCUT2D eigenvalue weighted by Gasteiger charge is -2.02. The maximum Gasteiger partial charge on any atom is 0.308 e. The number of nitrogens with one attached hydrogen (secondary N) is 1. The normalized spacial score (nSPS) is 10.3. The molecule has 0 saturated carbocycles. The van der Waals surface area contributed by atoms with Crippen LogP contribution in [0.2, 0.25) is 5.02 Å². The summed E-state index contributed by atoms with van der Waals surface area (Å²) in [6.45, 7) is 2.14. The van der Waals surface area contributed by atoms with Crippen LogP contribution in [0.1, 0.15) is 22.1 Å². The third-order valence-electron chi connectivity index (χ3n) is 2.33. The molecule has 0 aliphatic heterocycles. The molecule has 1 aromatic carbocycles. The van der Waals surface area contributed by atoms with Gasteiger partial charge in [-0.15, -0.1) is 10.2 Å². The fraction of sp³-hybridized carbons (Fsp3) is 0.250. The van der Waals surface area contributed by atoms with Gasteiger partial charge in [0, 0.05) is 18.5 Å². The highest BCUT2D eigenvalue weighted by atomic mass is 35.5. The zero-order valence-corrected chi connectivity index (χ0v) is 10.6. The Balaban J connectivity index is 1.82. The van der Waals surface area contributed by atoms with Crippen molar-refractivity contribution in [2.75, 3.05) is 6.54 Å². The highest BCUT2D eigenvalue weighted by Crippen LogP contribution is 2.09. The first-order chi connectivity index (χ1) is 8.65. The Hall–Kier alpha value is -1.88. The first-order valence-corrected chi connectivity index (χ1v) is 5.86. The zero-order chi connectivity index (χ0) is 13.0. The molecule has 0 saturated heterocycles. The van der Waals surface area contributed by atoms with E-state index in [4.69, 9.17) is 16.0 Å². The highest BCUT2D eigenvalue weighted by Gasteiger charge is 2.11. The van der Waals surface area contributed by atoms with E-state index in [9.17, 15) is 4.79 Å². The van der Waals surface area contributed by atoms with Crippen molar-refractivity contribution in [3.63, 3.8) is 0 Å². The summed E-state index contributed by atoms with van der Waals surface area (Å²) in [6.07, 6.45) is 0.718. The molecular formula is C12H12ClN3O2. The number of carbonyl (C=O) groups is 1. The average molecular weight is 266 g/mol. The standard InChI is InChI=1S/C12H12ClN3O2/c1-8-15-16-12(18-8)11(17)14-7-6-9-2-4-10(13)5-3-9/h2-5H,6-7H2,1H3,(H,14,17). The van der Waals surface area contributed by atoms with E-state index in [-0.39, 0.29) is 11.8 Å². The number of hydrogen-bond acceptors (Lipinski definition) is 4. The van der Waals surface area contributed by atoms with Gasteiger partial charge in [-0.05, 0) is 24.1 Å². The number of carbonyl (C=O) groups excluding carboxylic acids is 1. The van der Waals surface area contributed by atoms with Crippen LogP contribution < -0.4 is 5.32 Å². The van der Waals surface area contributed by atoms with E-state index in [1.54, 1.807) is 6.92 Å². The summed E-state index contributed by atoms with van der Waals surface area (Å²) in [5.74, 6) is 0.00557. The molecule has 94 valence electrons. The summed E-state index contributed by atoms with van der Waals surface area (Å²) in [7, 11) is 0. The molecule has 6 heteroatoms. The third-order valence-corrected chi connectivity index (χ3v) is 2.58. The van der Waals surface area contributed by atoms with Crippen LogP contribution in [0, 0.1) is 6.92 Å². The molecule has 1 heterocycles. The molecule has 0 unspecified atom stereocenters. The lowest BCUT2D eigenvalue weighted by Crippen LogP contribution is -2.26. The maximum atomic E-state index is 11.6. The summed E-state index contributed by atoms with van der Waals surface area (Å²) < 4.78 is 5.01. The minimum atomic E-state index is -0.357. The highest BCUT2D eigenvalue weighted by molar-refractivity contribution is 6.30. The summed E-state index contributed by atoms with van der Waals surface area (Å²) in [6, 6.07) is 7.48. The van der Waals surface area contributed by atoms with E-state index in [2.05, 4.69) is 15.5 Å². The van der Waals surface area contributed by atoms with Gasteiger partial charge >= 0.3 is 11.8 Å². The lowest BCUT2D eigenvalue weighted by atomic mass is 10.1. The van der Waals surface area contributed by atoms with Crippen molar-refractivity contribution in [1.29, 1.82) is 0 Å². The monoisotopic (exact) mass is 265 g/mol.